The Bertz CT molecular complexity index is 445. The van der Waals surface area contributed by atoms with Crippen LogP contribution in [0.4, 0.5) is 5.69 Å². The Morgan fingerprint density at radius 1 is 1.38 bits per heavy atom. The summed E-state index contributed by atoms with van der Waals surface area (Å²) in [7, 11) is 0. The molecule has 0 saturated carbocycles. The average Bonchev–Trinajstić information content (AvgIpc) is 2.91. The summed E-state index contributed by atoms with van der Waals surface area (Å²) in [6.45, 7) is 8.92. The zero-order chi connectivity index (χ0) is 15.2. The van der Waals surface area contributed by atoms with Crippen LogP contribution in [0, 0.1) is 6.92 Å². The van der Waals surface area contributed by atoms with Gasteiger partial charge >= 0.3 is 0 Å². The number of aliphatic hydroxyl groups is 1. The van der Waals surface area contributed by atoms with Crippen molar-refractivity contribution in [3.63, 3.8) is 0 Å². The second-order valence-corrected chi connectivity index (χ2v) is 6.52. The number of hydrogen-bond donors (Lipinski definition) is 2. The van der Waals surface area contributed by atoms with Crippen LogP contribution in [0.2, 0.25) is 0 Å². The van der Waals surface area contributed by atoms with Crippen LogP contribution in [0.1, 0.15) is 50.7 Å². The highest BCUT2D eigenvalue weighted by molar-refractivity contribution is 5.56. The van der Waals surface area contributed by atoms with Crippen LogP contribution >= 0.6 is 0 Å². The number of aliphatic hydroxyl groups excluding tert-OH is 1. The topological polar surface area (TPSA) is 35.5 Å². The predicted molar refractivity (Wildman–Crippen MR) is 89.8 cm³/mol. The number of nitrogens with zero attached hydrogens (tertiary/aromatic N) is 1. The van der Waals surface area contributed by atoms with E-state index in [2.05, 4.69) is 49.2 Å². The van der Waals surface area contributed by atoms with Gasteiger partial charge in [-0.05, 0) is 44.2 Å². The summed E-state index contributed by atoms with van der Waals surface area (Å²) in [5.74, 6) is 0. The zero-order valence-corrected chi connectivity index (χ0v) is 13.7. The summed E-state index contributed by atoms with van der Waals surface area (Å²) in [5.41, 5.74) is 4.11. The number of hydrogen-bond acceptors (Lipinski definition) is 3. The molecule has 1 aliphatic heterocycles. The summed E-state index contributed by atoms with van der Waals surface area (Å²) >= 11 is 0. The Morgan fingerprint density at radius 2 is 2.19 bits per heavy atom. The molecular weight excluding hydrogens is 260 g/mol. The molecule has 0 spiro atoms. The van der Waals surface area contributed by atoms with Gasteiger partial charge in [-0.3, -0.25) is 0 Å². The molecule has 1 unspecified atom stereocenters. The molecule has 0 aliphatic carbocycles. The molecule has 1 atom stereocenters. The van der Waals surface area contributed by atoms with Gasteiger partial charge in [0.15, 0.2) is 0 Å². The van der Waals surface area contributed by atoms with E-state index in [1.165, 1.54) is 29.7 Å². The maximum atomic E-state index is 9.09. The van der Waals surface area contributed by atoms with E-state index in [-0.39, 0.29) is 0 Å². The Morgan fingerprint density at radius 3 is 2.90 bits per heavy atom. The Labute approximate surface area is 129 Å². The standard InChI is InChI=1S/C18H30N2O/c1-14(2)19-13-16-12-15(3)8-9-18(16)20-10-4-6-17(20)7-5-11-21/h8-9,12,14,17,19,21H,4-7,10-11,13H2,1-3H3. The molecule has 21 heavy (non-hydrogen) atoms. The van der Waals surface area contributed by atoms with Crippen molar-refractivity contribution in [3.8, 4) is 0 Å². The lowest BCUT2D eigenvalue weighted by Crippen LogP contribution is -2.31. The number of anilines is 1. The molecule has 2 rings (SSSR count). The van der Waals surface area contributed by atoms with E-state index in [1.807, 2.05) is 0 Å². The van der Waals surface area contributed by atoms with E-state index < -0.39 is 0 Å². The van der Waals surface area contributed by atoms with Crippen LogP contribution in [0.3, 0.4) is 0 Å². The van der Waals surface area contributed by atoms with Gasteiger partial charge in [-0.25, -0.2) is 0 Å². The molecule has 0 radical (unpaired) electrons. The normalized spacial score (nSPS) is 18.7. The predicted octanol–water partition coefficient (Wildman–Crippen LogP) is 3.23. The summed E-state index contributed by atoms with van der Waals surface area (Å²) in [4.78, 5) is 2.56. The highest BCUT2D eigenvalue weighted by Gasteiger charge is 2.25. The maximum absolute atomic E-state index is 9.09. The third-order valence-electron chi connectivity index (χ3n) is 4.32. The van der Waals surface area contributed by atoms with Crippen LogP contribution < -0.4 is 10.2 Å². The van der Waals surface area contributed by atoms with Crippen LogP contribution in [-0.4, -0.2) is 30.3 Å². The monoisotopic (exact) mass is 290 g/mol. The first-order valence-electron chi connectivity index (χ1n) is 8.32. The minimum atomic E-state index is 0.306. The molecule has 1 saturated heterocycles. The molecule has 0 bridgehead atoms. The molecule has 3 nitrogen and oxygen atoms in total. The quantitative estimate of drug-likeness (QED) is 0.809. The zero-order valence-electron chi connectivity index (χ0n) is 13.7. The molecule has 3 heteroatoms. The molecule has 1 aromatic carbocycles. The van der Waals surface area contributed by atoms with E-state index in [1.54, 1.807) is 0 Å². The van der Waals surface area contributed by atoms with Gasteiger partial charge in [-0.1, -0.05) is 31.5 Å². The summed E-state index contributed by atoms with van der Waals surface area (Å²) in [6, 6.07) is 7.91. The van der Waals surface area contributed by atoms with Gasteiger partial charge in [0.1, 0.15) is 0 Å². The van der Waals surface area contributed by atoms with Crippen LogP contribution in [0.15, 0.2) is 18.2 Å². The minimum Gasteiger partial charge on any atom is -0.396 e. The molecule has 0 aromatic heterocycles. The van der Waals surface area contributed by atoms with Crippen LogP contribution in [0.5, 0.6) is 0 Å². The van der Waals surface area contributed by atoms with Gasteiger partial charge in [-0.2, -0.15) is 0 Å². The van der Waals surface area contributed by atoms with E-state index in [4.69, 9.17) is 5.11 Å². The first-order valence-corrected chi connectivity index (χ1v) is 8.32. The first kappa shape index (κ1) is 16.3. The first-order chi connectivity index (χ1) is 10.1. The van der Waals surface area contributed by atoms with Crippen molar-refractivity contribution in [2.24, 2.45) is 0 Å². The molecule has 1 heterocycles. The molecule has 1 fully saturated rings. The van der Waals surface area contributed by atoms with Gasteiger partial charge in [0.05, 0.1) is 0 Å². The molecule has 2 N–H and O–H groups in total. The molecule has 0 amide bonds. The van der Waals surface area contributed by atoms with Crippen molar-refractivity contribution in [3.05, 3.63) is 29.3 Å². The third-order valence-corrected chi connectivity index (χ3v) is 4.32. The van der Waals surface area contributed by atoms with Crippen molar-refractivity contribution in [2.75, 3.05) is 18.1 Å². The van der Waals surface area contributed by atoms with Gasteiger partial charge in [-0.15, -0.1) is 0 Å². The van der Waals surface area contributed by atoms with Gasteiger partial charge in [0.2, 0.25) is 0 Å². The average molecular weight is 290 g/mol. The molecule has 118 valence electrons. The Hall–Kier alpha value is -1.06. The second kappa shape index (κ2) is 7.81. The lowest BCUT2D eigenvalue weighted by molar-refractivity contribution is 0.279. The van der Waals surface area contributed by atoms with E-state index in [9.17, 15) is 0 Å². The number of benzene rings is 1. The highest BCUT2D eigenvalue weighted by atomic mass is 16.2. The lowest BCUT2D eigenvalue weighted by Gasteiger charge is -2.29. The van der Waals surface area contributed by atoms with Crippen LogP contribution in [-0.2, 0) is 6.54 Å². The number of nitrogens with one attached hydrogen (secondary N) is 1. The third kappa shape index (κ3) is 4.45. The second-order valence-electron chi connectivity index (χ2n) is 6.52. The SMILES string of the molecule is Cc1ccc(N2CCCC2CCCO)c(CNC(C)C)c1. The Kier molecular flexibility index (Phi) is 6.07. The fraction of sp³-hybridized carbons (Fsp3) is 0.667. The highest BCUT2D eigenvalue weighted by Crippen LogP contribution is 2.31. The molecule has 1 aliphatic rings. The number of aryl methyl sites for hydroxylation is 1. The van der Waals surface area contributed by atoms with Crippen molar-refractivity contribution in [1.29, 1.82) is 0 Å². The van der Waals surface area contributed by atoms with Crippen molar-refractivity contribution < 1.29 is 5.11 Å². The van der Waals surface area contributed by atoms with Crippen molar-refractivity contribution in [2.45, 2.75) is 65.1 Å². The molecular formula is C18H30N2O. The van der Waals surface area contributed by atoms with Crippen molar-refractivity contribution >= 4 is 5.69 Å². The maximum Gasteiger partial charge on any atom is 0.0431 e. The van der Waals surface area contributed by atoms with Crippen molar-refractivity contribution in [1.82, 2.24) is 5.32 Å². The summed E-state index contributed by atoms with van der Waals surface area (Å²) < 4.78 is 0. The largest absolute Gasteiger partial charge is 0.396 e. The van der Waals surface area contributed by atoms with Gasteiger partial charge < -0.3 is 15.3 Å². The number of rotatable bonds is 7. The minimum absolute atomic E-state index is 0.306. The Balaban J connectivity index is 2.16. The molecule has 1 aromatic rings. The van der Waals surface area contributed by atoms with E-state index >= 15 is 0 Å². The van der Waals surface area contributed by atoms with Crippen LogP contribution in [0.25, 0.3) is 0 Å². The fourth-order valence-corrected chi connectivity index (χ4v) is 3.23. The van der Waals surface area contributed by atoms with Gasteiger partial charge in [0, 0.05) is 37.5 Å². The van der Waals surface area contributed by atoms with Gasteiger partial charge in [0.25, 0.3) is 0 Å². The fourth-order valence-electron chi connectivity index (χ4n) is 3.23. The lowest BCUT2D eigenvalue weighted by atomic mass is 10.0. The van der Waals surface area contributed by atoms with E-state index in [0.717, 1.165) is 25.9 Å². The summed E-state index contributed by atoms with van der Waals surface area (Å²) in [5, 5.41) is 12.6. The summed E-state index contributed by atoms with van der Waals surface area (Å²) in [6.07, 6.45) is 4.53. The van der Waals surface area contributed by atoms with E-state index in [0.29, 0.717) is 18.7 Å². The smallest absolute Gasteiger partial charge is 0.0431 e.